The largest absolute Gasteiger partial charge is 0.495 e. The first kappa shape index (κ1) is 13.3. The Morgan fingerprint density at radius 1 is 1.50 bits per heavy atom. The van der Waals surface area contributed by atoms with Crippen molar-refractivity contribution in [1.82, 2.24) is 0 Å². The number of methoxy groups -OCH3 is 1. The van der Waals surface area contributed by atoms with Crippen molar-refractivity contribution in [2.45, 2.75) is 0 Å². The van der Waals surface area contributed by atoms with Crippen molar-refractivity contribution in [3.8, 4) is 5.75 Å². The standard InChI is InChI=1S/C10H12ClNO.ClH/c1-13-10-7-8(3-2-6-12)4-5-9(10)11;/h2-5,7H,6,12H2,1H3;1H. The average molecular weight is 234 g/mol. The van der Waals surface area contributed by atoms with Crippen LogP contribution in [0.1, 0.15) is 5.56 Å². The second-order valence-electron chi connectivity index (χ2n) is 2.53. The lowest BCUT2D eigenvalue weighted by molar-refractivity contribution is 0.415. The predicted octanol–water partition coefficient (Wildman–Crippen LogP) is 2.74. The Balaban J connectivity index is 0.00000169. The number of rotatable bonds is 3. The molecule has 0 aliphatic rings. The van der Waals surface area contributed by atoms with Gasteiger partial charge in [0.15, 0.2) is 0 Å². The van der Waals surface area contributed by atoms with Crippen LogP contribution in [0.3, 0.4) is 0 Å². The maximum absolute atomic E-state index is 5.86. The van der Waals surface area contributed by atoms with E-state index in [-0.39, 0.29) is 12.4 Å². The highest BCUT2D eigenvalue weighted by Crippen LogP contribution is 2.25. The molecule has 0 unspecified atom stereocenters. The lowest BCUT2D eigenvalue weighted by Gasteiger charge is -2.03. The molecule has 78 valence electrons. The number of halogens is 2. The van der Waals surface area contributed by atoms with Gasteiger partial charge in [0, 0.05) is 6.54 Å². The minimum absolute atomic E-state index is 0. The van der Waals surface area contributed by atoms with Crippen molar-refractivity contribution >= 4 is 30.1 Å². The first-order valence-corrected chi connectivity index (χ1v) is 4.36. The molecule has 0 aliphatic heterocycles. The van der Waals surface area contributed by atoms with E-state index in [0.29, 0.717) is 17.3 Å². The van der Waals surface area contributed by atoms with Crippen molar-refractivity contribution in [1.29, 1.82) is 0 Å². The van der Waals surface area contributed by atoms with E-state index < -0.39 is 0 Å². The molecule has 0 saturated carbocycles. The van der Waals surface area contributed by atoms with Crippen LogP contribution in [0, 0.1) is 0 Å². The molecule has 1 rings (SSSR count). The summed E-state index contributed by atoms with van der Waals surface area (Å²) in [5.74, 6) is 0.681. The number of hydrogen-bond acceptors (Lipinski definition) is 2. The van der Waals surface area contributed by atoms with Gasteiger partial charge in [-0.05, 0) is 17.7 Å². The van der Waals surface area contributed by atoms with Crippen LogP contribution < -0.4 is 10.5 Å². The highest BCUT2D eigenvalue weighted by Gasteiger charge is 1.98. The van der Waals surface area contributed by atoms with E-state index in [1.807, 2.05) is 24.3 Å². The summed E-state index contributed by atoms with van der Waals surface area (Å²) in [5.41, 5.74) is 6.37. The Bertz CT molecular complexity index is 313. The van der Waals surface area contributed by atoms with Gasteiger partial charge >= 0.3 is 0 Å². The molecule has 0 saturated heterocycles. The maximum Gasteiger partial charge on any atom is 0.138 e. The van der Waals surface area contributed by atoms with Crippen LogP contribution in [0.25, 0.3) is 6.08 Å². The van der Waals surface area contributed by atoms with E-state index in [4.69, 9.17) is 22.1 Å². The first-order valence-electron chi connectivity index (χ1n) is 3.98. The third-order valence-corrected chi connectivity index (χ3v) is 1.93. The number of nitrogens with two attached hydrogens (primary N) is 1. The van der Waals surface area contributed by atoms with Crippen LogP contribution in [-0.2, 0) is 0 Å². The fourth-order valence-corrected chi connectivity index (χ4v) is 1.18. The molecule has 0 heterocycles. The van der Waals surface area contributed by atoms with Gasteiger partial charge in [-0.2, -0.15) is 0 Å². The molecular weight excluding hydrogens is 221 g/mol. The number of hydrogen-bond donors (Lipinski definition) is 1. The van der Waals surface area contributed by atoms with Gasteiger partial charge in [-0.3, -0.25) is 0 Å². The van der Waals surface area contributed by atoms with Gasteiger partial charge in [0.1, 0.15) is 5.75 Å². The first-order chi connectivity index (χ1) is 6.27. The maximum atomic E-state index is 5.86. The van der Waals surface area contributed by atoms with Gasteiger partial charge in [-0.15, -0.1) is 12.4 Å². The topological polar surface area (TPSA) is 35.2 Å². The molecule has 0 fully saturated rings. The minimum atomic E-state index is 0. The van der Waals surface area contributed by atoms with Crippen molar-refractivity contribution < 1.29 is 4.74 Å². The molecule has 2 N–H and O–H groups in total. The molecule has 1 aromatic rings. The number of benzene rings is 1. The monoisotopic (exact) mass is 233 g/mol. The van der Waals surface area contributed by atoms with E-state index >= 15 is 0 Å². The third kappa shape index (κ3) is 3.58. The molecule has 14 heavy (non-hydrogen) atoms. The second-order valence-corrected chi connectivity index (χ2v) is 2.94. The van der Waals surface area contributed by atoms with Crippen LogP contribution in [0.15, 0.2) is 24.3 Å². The Labute approximate surface area is 95.1 Å². The van der Waals surface area contributed by atoms with Gasteiger partial charge in [0.05, 0.1) is 12.1 Å². The van der Waals surface area contributed by atoms with Crippen LogP contribution in [0.2, 0.25) is 5.02 Å². The summed E-state index contributed by atoms with van der Waals surface area (Å²) in [7, 11) is 1.59. The molecule has 0 spiro atoms. The fraction of sp³-hybridized carbons (Fsp3) is 0.200. The highest BCUT2D eigenvalue weighted by atomic mass is 35.5. The normalized spacial score (nSPS) is 9.93. The van der Waals surface area contributed by atoms with E-state index in [2.05, 4.69) is 0 Å². The molecule has 2 nitrogen and oxygen atoms in total. The van der Waals surface area contributed by atoms with Crippen molar-refractivity contribution in [2.24, 2.45) is 5.73 Å². The van der Waals surface area contributed by atoms with E-state index in [9.17, 15) is 0 Å². The Morgan fingerprint density at radius 2 is 2.21 bits per heavy atom. The molecule has 4 heteroatoms. The van der Waals surface area contributed by atoms with E-state index in [0.717, 1.165) is 5.56 Å². The van der Waals surface area contributed by atoms with Crippen molar-refractivity contribution in [3.63, 3.8) is 0 Å². The number of ether oxygens (including phenoxy) is 1. The van der Waals surface area contributed by atoms with Crippen LogP contribution in [0.4, 0.5) is 0 Å². The molecule has 0 aromatic heterocycles. The lowest BCUT2D eigenvalue weighted by atomic mass is 10.2. The van der Waals surface area contributed by atoms with Gasteiger partial charge in [-0.1, -0.05) is 29.8 Å². The molecule has 0 aliphatic carbocycles. The molecule has 0 atom stereocenters. The van der Waals surface area contributed by atoms with Crippen LogP contribution >= 0.6 is 24.0 Å². The molecular formula is C10H13Cl2NO. The second kappa shape index (κ2) is 6.71. The molecule has 0 bridgehead atoms. The molecule has 1 aromatic carbocycles. The predicted molar refractivity (Wildman–Crippen MR) is 63.3 cm³/mol. The summed E-state index contributed by atoms with van der Waals surface area (Å²) in [6.07, 6.45) is 3.81. The summed E-state index contributed by atoms with van der Waals surface area (Å²) < 4.78 is 5.07. The molecule has 0 amide bonds. The zero-order valence-corrected chi connectivity index (χ0v) is 9.44. The fourth-order valence-electron chi connectivity index (χ4n) is 0.984. The minimum Gasteiger partial charge on any atom is -0.495 e. The van der Waals surface area contributed by atoms with Crippen molar-refractivity contribution in [3.05, 3.63) is 34.9 Å². The summed E-state index contributed by atoms with van der Waals surface area (Å²) in [6, 6.07) is 5.59. The van der Waals surface area contributed by atoms with E-state index in [1.54, 1.807) is 13.2 Å². The average Bonchev–Trinajstić information content (AvgIpc) is 2.16. The summed E-state index contributed by atoms with van der Waals surface area (Å²) >= 11 is 5.86. The quantitative estimate of drug-likeness (QED) is 0.872. The van der Waals surface area contributed by atoms with Gasteiger partial charge in [0.25, 0.3) is 0 Å². The Hall–Kier alpha value is -0.700. The summed E-state index contributed by atoms with van der Waals surface area (Å²) in [6.45, 7) is 0.533. The highest BCUT2D eigenvalue weighted by molar-refractivity contribution is 6.32. The zero-order chi connectivity index (χ0) is 9.68. The Morgan fingerprint density at radius 3 is 2.79 bits per heavy atom. The van der Waals surface area contributed by atoms with Gasteiger partial charge in [-0.25, -0.2) is 0 Å². The van der Waals surface area contributed by atoms with Gasteiger partial charge in [0.2, 0.25) is 0 Å². The van der Waals surface area contributed by atoms with Crippen molar-refractivity contribution in [2.75, 3.05) is 13.7 Å². The molecule has 0 radical (unpaired) electrons. The Kier molecular flexibility index (Phi) is 6.37. The summed E-state index contributed by atoms with van der Waals surface area (Å²) in [4.78, 5) is 0. The van der Waals surface area contributed by atoms with Crippen LogP contribution in [0.5, 0.6) is 5.75 Å². The summed E-state index contributed by atoms with van der Waals surface area (Å²) in [5, 5.41) is 0.618. The van der Waals surface area contributed by atoms with E-state index in [1.165, 1.54) is 0 Å². The SMILES string of the molecule is COc1cc(C=CCN)ccc1Cl.Cl. The lowest BCUT2D eigenvalue weighted by Crippen LogP contribution is -1.92. The smallest absolute Gasteiger partial charge is 0.138 e. The van der Waals surface area contributed by atoms with Crippen LogP contribution in [-0.4, -0.2) is 13.7 Å². The zero-order valence-electron chi connectivity index (χ0n) is 7.87. The third-order valence-electron chi connectivity index (χ3n) is 1.62. The van der Waals surface area contributed by atoms with Gasteiger partial charge < -0.3 is 10.5 Å².